The van der Waals surface area contributed by atoms with E-state index in [4.69, 9.17) is 11.6 Å². The largest absolute Gasteiger partial charge is 0.354 e. The van der Waals surface area contributed by atoms with E-state index in [0.717, 1.165) is 24.6 Å². The van der Waals surface area contributed by atoms with Gasteiger partial charge in [-0.25, -0.2) is 4.98 Å². The Bertz CT molecular complexity index is 394. The number of fused-ring (bicyclic) bond motifs is 1. The highest BCUT2D eigenvalue weighted by molar-refractivity contribution is 6.16. The van der Waals surface area contributed by atoms with E-state index >= 15 is 0 Å². The minimum atomic E-state index is 0.434. The molecule has 1 atom stereocenters. The summed E-state index contributed by atoms with van der Waals surface area (Å²) in [6, 6.07) is 0.710. The Kier molecular flexibility index (Phi) is 3.66. The molecule has 0 bridgehead atoms. The lowest BCUT2D eigenvalue weighted by Gasteiger charge is -2.26. The number of halogens is 1. The molecule has 1 aromatic heterocycles. The van der Waals surface area contributed by atoms with Crippen molar-refractivity contribution in [3.8, 4) is 0 Å². The number of rotatable bonds is 2. The van der Waals surface area contributed by atoms with E-state index in [1.807, 2.05) is 6.20 Å². The number of hydrogen-bond acceptors (Lipinski definition) is 4. The molecule has 0 aliphatic carbocycles. The molecule has 3 heterocycles. The summed E-state index contributed by atoms with van der Waals surface area (Å²) in [5.41, 5.74) is 0.845. The molecule has 2 saturated heterocycles. The Morgan fingerprint density at radius 2 is 2.06 bits per heavy atom. The van der Waals surface area contributed by atoms with Crippen LogP contribution >= 0.6 is 11.6 Å². The fourth-order valence-electron chi connectivity index (χ4n) is 2.99. The summed E-state index contributed by atoms with van der Waals surface area (Å²) in [4.78, 5) is 13.8. The van der Waals surface area contributed by atoms with Crippen molar-refractivity contribution in [1.82, 2.24) is 14.9 Å². The number of aromatic nitrogens is 2. The highest BCUT2D eigenvalue weighted by atomic mass is 35.5. The fourth-order valence-corrected chi connectivity index (χ4v) is 3.13. The SMILES string of the molecule is ClCc1cnc(N2CCCN3CCCC3C2)cn1. The van der Waals surface area contributed by atoms with Gasteiger partial charge in [0.1, 0.15) is 5.82 Å². The van der Waals surface area contributed by atoms with Gasteiger partial charge >= 0.3 is 0 Å². The van der Waals surface area contributed by atoms with Crippen LogP contribution in [0.3, 0.4) is 0 Å². The predicted octanol–water partition coefficient (Wildman–Crippen LogP) is 1.89. The van der Waals surface area contributed by atoms with Crippen molar-refractivity contribution < 1.29 is 0 Å². The third kappa shape index (κ3) is 2.45. The highest BCUT2D eigenvalue weighted by Crippen LogP contribution is 2.23. The molecule has 98 valence electrons. The standard InChI is InChI=1S/C13H19ClN4/c14-7-11-8-16-13(9-15-11)18-6-2-5-17-4-1-3-12(17)10-18/h8-9,12H,1-7,10H2. The van der Waals surface area contributed by atoms with Crippen LogP contribution in [0.2, 0.25) is 0 Å². The van der Waals surface area contributed by atoms with Gasteiger partial charge in [-0.15, -0.1) is 11.6 Å². The van der Waals surface area contributed by atoms with E-state index in [2.05, 4.69) is 19.8 Å². The van der Waals surface area contributed by atoms with Crippen molar-refractivity contribution in [3.05, 3.63) is 18.1 Å². The van der Waals surface area contributed by atoms with Gasteiger partial charge in [0.2, 0.25) is 0 Å². The van der Waals surface area contributed by atoms with Crippen molar-refractivity contribution in [2.24, 2.45) is 0 Å². The molecule has 0 N–H and O–H groups in total. The van der Waals surface area contributed by atoms with E-state index in [1.165, 1.54) is 32.4 Å². The molecule has 1 unspecified atom stereocenters. The molecule has 0 saturated carbocycles. The molecule has 0 spiro atoms. The topological polar surface area (TPSA) is 32.3 Å². The predicted molar refractivity (Wildman–Crippen MR) is 73.0 cm³/mol. The summed E-state index contributed by atoms with van der Waals surface area (Å²) < 4.78 is 0. The van der Waals surface area contributed by atoms with Crippen LogP contribution in [0.25, 0.3) is 0 Å². The van der Waals surface area contributed by atoms with Gasteiger partial charge in [-0.05, 0) is 25.8 Å². The minimum absolute atomic E-state index is 0.434. The van der Waals surface area contributed by atoms with Crippen LogP contribution in [0.4, 0.5) is 5.82 Å². The number of alkyl halides is 1. The van der Waals surface area contributed by atoms with Gasteiger partial charge in [0, 0.05) is 25.7 Å². The van der Waals surface area contributed by atoms with Crippen molar-refractivity contribution in [2.45, 2.75) is 31.2 Å². The second-order valence-electron chi connectivity index (χ2n) is 5.13. The molecule has 0 amide bonds. The molecular formula is C13H19ClN4. The summed E-state index contributed by atoms with van der Waals surface area (Å²) in [6.45, 7) is 4.68. The zero-order valence-electron chi connectivity index (χ0n) is 10.6. The summed E-state index contributed by atoms with van der Waals surface area (Å²) in [5, 5.41) is 0. The zero-order valence-corrected chi connectivity index (χ0v) is 11.3. The van der Waals surface area contributed by atoms with Crippen molar-refractivity contribution >= 4 is 17.4 Å². The molecule has 2 aliphatic rings. The summed E-state index contributed by atoms with van der Waals surface area (Å²) in [7, 11) is 0. The van der Waals surface area contributed by atoms with Crippen molar-refractivity contribution in [3.63, 3.8) is 0 Å². The van der Waals surface area contributed by atoms with Gasteiger partial charge in [0.15, 0.2) is 0 Å². The summed E-state index contributed by atoms with van der Waals surface area (Å²) in [6.07, 6.45) is 7.54. The van der Waals surface area contributed by atoms with Gasteiger partial charge in [0.05, 0.1) is 24.0 Å². The van der Waals surface area contributed by atoms with Gasteiger partial charge in [0.25, 0.3) is 0 Å². The Hall–Kier alpha value is -0.870. The van der Waals surface area contributed by atoms with Crippen LogP contribution in [0.5, 0.6) is 0 Å². The highest BCUT2D eigenvalue weighted by Gasteiger charge is 2.29. The van der Waals surface area contributed by atoms with E-state index in [1.54, 1.807) is 6.20 Å². The summed E-state index contributed by atoms with van der Waals surface area (Å²) in [5.74, 6) is 1.43. The molecule has 5 heteroatoms. The van der Waals surface area contributed by atoms with Crippen LogP contribution in [0.1, 0.15) is 25.0 Å². The maximum absolute atomic E-state index is 5.74. The second-order valence-corrected chi connectivity index (χ2v) is 5.40. The van der Waals surface area contributed by atoms with Crippen molar-refractivity contribution in [1.29, 1.82) is 0 Å². The first-order valence-corrected chi connectivity index (χ1v) is 7.26. The molecule has 4 nitrogen and oxygen atoms in total. The zero-order chi connectivity index (χ0) is 12.4. The Morgan fingerprint density at radius 3 is 2.83 bits per heavy atom. The molecule has 2 aliphatic heterocycles. The van der Waals surface area contributed by atoms with Gasteiger partial charge in [-0.2, -0.15) is 0 Å². The monoisotopic (exact) mass is 266 g/mol. The number of nitrogens with zero attached hydrogens (tertiary/aromatic N) is 4. The normalized spacial score (nSPS) is 24.9. The molecule has 0 radical (unpaired) electrons. The van der Waals surface area contributed by atoms with Crippen LogP contribution in [-0.4, -0.2) is 47.1 Å². The molecule has 18 heavy (non-hydrogen) atoms. The van der Waals surface area contributed by atoms with Crippen LogP contribution in [-0.2, 0) is 5.88 Å². The molecule has 3 rings (SSSR count). The summed E-state index contributed by atoms with van der Waals surface area (Å²) >= 11 is 5.74. The van der Waals surface area contributed by atoms with Crippen LogP contribution in [0.15, 0.2) is 12.4 Å². The lowest BCUT2D eigenvalue weighted by Crippen LogP contribution is -2.37. The minimum Gasteiger partial charge on any atom is -0.354 e. The van der Waals surface area contributed by atoms with Gasteiger partial charge in [-0.3, -0.25) is 9.88 Å². The average Bonchev–Trinajstić information content (AvgIpc) is 2.76. The quantitative estimate of drug-likeness (QED) is 0.766. The maximum atomic E-state index is 5.74. The van der Waals surface area contributed by atoms with Crippen LogP contribution in [0, 0.1) is 0 Å². The molecule has 1 aromatic rings. The van der Waals surface area contributed by atoms with E-state index in [0.29, 0.717) is 11.9 Å². The molecular weight excluding hydrogens is 248 g/mol. The number of anilines is 1. The van der Waals surface area contributed by atoms with Gasteiger partial charge in [-0.1, -0.05) is 0 Å². The average molecular weight is 267 g/mol. The lowest BCUT2D eigenvalue weighted by atomic mass is 10.2. The smallest absolute Gasteiger partial charge is 0.147 e. The third-order valence-electron chi connectivity index (χ3n) is 3.96. The van der Waals surface area contributed by atoms with Crippen LogP contribution < -0.4 is 4.90 Å². The first-order chi connectivity index (χ1) is 8.86. The fraction of sp³-hybridized carbons (Fsp3) is 0.692. The maximum Gasteiger partial charge on any atom is 0.147 e. The van der Waals surface area contributed by atoms with E-state index in [9.17, 15) is 0 Å². The van der Waals surface area contributed by atoms with Gasteiger partial charge < -0.3 is 4.90 Å². The first kappa shape index (κ1) is 12.2. The molecule has 2 fully saturated rings. The lowest BCUT2D eigenvalue weighted by molar-refractivity contribution is 0.273. The van der Waals surface area contributed by atoms with Crippen molar-refractivity contribution in [2.75, 3.05) is 31.1 Å². The first-order valence-electron chi connectivity index (χ1n) is 6.72. The number of hydrogen-bond donors (Lipinski definition) is 0. The van der Waals surface area contributed by atoms with E-state index in [-0.39, 0.29) is 0 Å². The Balaban J connectivity index is 1.74. The Labute approximate surface area is 113 Å². The molecule has 0 aromatic carbocycles. The Morgan fingerprint density at radius 1 is 1.17 bits per heavy atom. The third-order valence-corrected chi connectivity index (χ3v) is 4.23. The second kappa shape index (κ2) is 5.41. The van der Waals surface area contributed by atoms with E-state index < -0.39 is 0 Å².